The van der Waals surface area contributed by atoms with Crippen LogP contribution in [0.2, 0.25) is 0 Å². The normalized spacial score (nSPS) is 32.7. The van der Waals surface area contributed by atoms with Gasteiger partial charge in [0, 0.05) is 86.8 Å². The molecule has 17 nitrogen and oxygen atoms in total. The Morgan fingerprint density at radius 1 is 0.806 bits per heavy atom. The number of nitrogens with zero attached hydrogens (tertiary/aromatic N) is 7. The zero-order valence-corrected chi connectivity index (χ0v) is 38.9. The molecule has 8 aliphatic rings. The van der Waals surface area contributed by atoms with Gasteiger partial charge >= 0.3 is 0 Å². The minimum atomic E-state index is -0.808. The summed E-state index contributed by atoms with van der Waals surface area (Å²) in [5.74, 6) is -0.841. The molecular weight excluding hydrogens is 849 g/mol. The Labute approximate surface area is 392 Å². The zero-order valence-electron chi connectivity index (χ0n) is 38.9. The molecule has 17 heteroatoms. The molecule has 2 aromatic carbocycles. The number of aromatic nitrogens is 2. The summed E-state index contributed by atoms with van der Waals surface area (Å²) < 4.78 is 1.25. The van der Waals surface area contributed by atoms with Crippen molar-refractivity contribution in [2.75, 3.05) is 67.5 Å². The third-order valence-corrected chi connectivity index (χ3v) is 17.0. The van der Waals surface area contributed by atoms with Gasteiger partial charge in [-0.2, -0.15) is 10.1 Å². The van der Waals surface area contributed by atoms with Crippen molar-refractivity contribution in [2.24, 2.45) is 11.3 Å². The van der Waals surface area contributed by atoms with E-state index in [1.807, 2.05) is 24.1 Å². The number of imide groups is 1. The number of hydrogen-bond donors (Lipinski definition) is 6. The lowest BCUT2D eigenvalue weighted by Gasteiger charge is -2.49. The molecule has 6 saturated heterocycles. The van der Waals surface area contributed by atoms with E-state index in [2.05, 4.69) is 93.9 Å². The van der Waals surface area contributed by atoms with E-state index in [1.54, 1.807) is 6.20 Å². The molecule has 1 aliphatic carbocycles. The quantitative estimate of drug-likeness (QED) is 0.157. The number of carbonyl (C=O) groups excluding carboxylic acids is 3. The number of piperazine rings is 1. The lowest BCUT2D eigenvalue weighted by molar-refractivity contribution is -0.146. The molecule has 7 atom stereocenters. The average molecular weight is 917 g/mol. The predicted octanol–water partition coefficient (Wildman–Crippen LogP) is 3.18. The van der Waals surface area contributed by atoms with Crippen molar-refractivity contribution in [2.45, 2.75) is 133 Å². The Balaban J connectivity index is 0.651. The summed E-state index contributed by atoms with van der Waals surface area (Å²) in [6.45, 7) is 9.16. The molecule has 8 heterocycles. The van der Waals surface area contributed by atoms with Crippen LogP contribution >= 0.6 is 0 Å². The van der Waals surface area contributed by atoms with Crippen LogP contribution in [0.25, 0.3) is 10.8 Å². The highest BCUT2D eigenvalue weighted by Gasteiger charge is 2.53. The number of benzene rings is 2. The fraction of sp³-hybridized carbons (Fsp3) is 0.620. The molecule has 358 valence electrons. The number of carbonyl (C=O) groups is 3. The smallest absolute Gasteiger partial charge is 0.275 e. The Hall–Kier alpha value is -4.91. The van der Waals surface area contributed by atoms with Gasteiger partial charge in [0.15, 0.2) is 0 Å². The molecule has 1 spiro atoms. The first-order chi connectivity index (χ1) is 32.5. The third kappa shape index (κ3) is 8.75. The topological polar surface area (TPSA) is 183 Å². The molecule has 0 radical (unpaired) electrons. The van der Waals surface area contributed by atoms with Crippen LogP contribution in [0.3, 0.4) is 0 Å². The minimum Gasteiger partial charge on any atom is -0.389 e. The summed E-state index contributed by atoms with van der Waals surface area (Å²) in [5.41, 5.74) is 2.58. The Bertz CT molecular complexity index is 2420. The predicted molar refractivity (Wildman–Crippen MR) is 257 cm³/mol. The first-order valence-corrected chi connectivity index (χ1v) is 25.2. The van der Waals surface area contributed by atoms with Gasteiger partial charge in [0.2, 0.25) is 11.8 Å². The van der Waals surface area contributed by atoms with E-state index in [-0.39, 0.29) is 60.8 Å². The number of allylic oxidation sites excluding steroid dienone is 1. The molecular formula is C50H68N12O5. The fourth-order valence-corrected chi connectivity index (χ4v) is 12.8. The van der Waals surface area contributed by atoms with Gasteiger partial charge in [0.25, 0.3) is 11.5 Å². The zero-order chi connectivity index (χ0) is 45.9. The maximum atomic E-state index is 13.8. The SMILES string of the molecule is C[C@@]1(O)CC/C=C\CN2C(=O)C3CNC(Nc4ccc(N5CCN(C6CCC7(CC6)CCN(c6ccc8cnn(C9CCC(=O)NC9=O)c(=O)c8c6)CC7)CC5)cc4)NC3N2C2CCCC1N2. The van der Waals surface area contributed by atoms with Crippen molar-refractivity contribution in [1.29, 1.82) is 0 Å². The van der Waals surface area contributed by atoms with E-state index in [0.717, 1.165) is 94.6 Å². The highest BCUT2D eigenvalue weighted by atomic mass is 16.3. The molecule has 7 aliphatic heterocycles. The largest absolute Gasteiger partial charge is 0.389 e. The van der Waals surface area contributed by atoms with Gasteiger partial charge in [-0.25, -0.2) is 4.68 Å². The third-order valence-electron chi connectivity index (χ3n) is 17.0. The molecule has 6 unspecified atom stereocenters. The minimum absolute atomic E-state index is 0.0193. The van der Waals surface area contributed by atoms with Crippen LogP contribution in [0.4, 0.5) is 17.1 Å². The van der Waals surface area contributed by atoms with Gasteiger partial charge in [0.05, 0.1) is 42.0 Å². The van der Waals surface area contributed by atoms with Gasteiger partial charge in [-0.05, 0) is 126 Å². The maximum absolute atomic E-state index is 13.8. The van der Waals surface area contributed by atoms with Gasteiger partial charge in [0.1, 0.15) is 12.3 Å². The lowest BCUT2D eigenvalue weighted by Crippen LogP contribution is -2.69. The summed E-state index contributed by atoms with van der Waals surface area (Å²) in [4.78, 5) is 59.3. The van der Waals surface area contributed by atoms with E-state index in [0.29, 0.717) is 36.4 Å². The molecule has 1 saturated carbocycles. The van der Waals surface area contributed by atoms with Crippen LogP contribution in [0, 0.1) is 11.3 Å². The number of fused-ring (bicyclic) bond motifs is 7. The van der Waals surface area contributed by atoms with Crippen LogP contribution in [0.5, 0.6) is 0 Å². The van der Waals surface area contributed by atoms with E-state index < -0.39 is 17.6 Å². The maximum Gasteiger partial charge on any atom is 0.275 e. The van der Waals surface area contributed by atoms with E-state index in [4.69, 9.17) is 0 Å². The number of nitrogens with one attached hydrogen (secondary N) is 5. The van der Waals surface area contributed by atoms with Crippen molar-refractivity contribution in [3.63, 3.8) is 0 Å². The molecule has 2 bridgehead atoms. The summed E-state index contributed by atoms with van der Waals surface area (Å²) in [5, 5.41) is 38.2. The van der Waals surface area contributed by atoms with Crippen molar-refractivity contribution >= 4 is 45.6 Å². The van der Waals surface area contributed by atoms with Crippen LogP contribution in [-0.4, -0.2) is 136 Å². The molecule has 3 aromatic rings. The molecule has 1 aromatic heterocycles. The van der Waals surface area contributed by atoms with Crippen LogP contribution < -0.4 is 41.9 Å². The Morgan fingerprint density at radius 2 is 1.57 bits per heavy atom. The number of amides is 3. The molecule has 6 N–H and O–H groups in total. The highest BCUT2D eigenvalue weighted by Crippen LogP contribution is 2.46. The monoisotopic (exact) mass is 917 g/mol. The van der Waals surface area contributed by atoms with Gasteiger partial charge in [-0.15, -0.1) is 0 Å². The summed E-state index contributed by atoms with van der Waals surface area (Å²) in [6, 6.07) is 14.6. The Morgan fingerprint density at radius 3 is 2.34 bits per heavy atom. The molecule has 7 fully saturated rings. The van der Waals surface area contributed by atoms with Gasteiger partial charge < -0.3 is 20.2 Å². The number of anilines is 3. The van der Waals surface area contributed by atoms with E-state index >= 15 is 0 Å². The van der Waals surface area contributed by atoms with E-state index in [9.17, 15) is 24.3 Å². The second-order valence-electron chi connectivity index (χ2n) is 21.0. The van der Waals surface area contributed by atoms with Crippen LogP contribution in [0.15, 0.2) is 65.6 Å². The van der Waals surface area contributed by atoms with Gasteiger partial charge in [-0.1, -0.05) is 18.2 Å². The second-order valence-corrected chi connectivity index (χ2v) is 21.0. The van der Waals surface area contributed by atoms with Crippen molar-refractivity contribution in [3.8, 4) is 0 Å². The first-order valence-electron chi connectivity index (χ1n) is 25.2. The number of hydrazine groups is 1. The summed E-state index contributed by atoms with van der Waals surface area (Å²) >= 11 is 0. The molecule has 67 heavy (non-hydrogen) atoms. The fourth-order valence-electron chi connectivity index (χ4n) is 12.8. The average Bonchev–Trinajstić information content (AvgIpc) is 3.61. The standard InChI is InChI=1S/C50H68N12O5/c1-49(67)18-3-2-4-23-60-46(65)39-32-51-48(56-44(39)62(60)42-7-5-6-41(49)54-42)53-34-9-12-35(13-10-34)58-26-28-59(29-27-58)36-16-19-50(20-17-36)21-24-57(25-22-50)37-11-8-33-31-52-61(47(66)38(33)30-37)40-14-15-43(63)55-45(40)64/h2,4,8-13,30-31,36,39-42,44,48,51,53-54,56,67H,3,5-7,14-29,32H2,1H3,(H,55,63,64)/b4-2-/t39?,40?,41?,42?,44?,48?,49-/m1/s1. The number of rotatable bonds is 6. The van der Waals surface area contributed by atoms with Crippen molar-refractivity contribution in [3.05, 3.63) is 71.2 Å². The summed E-state index contributed by atoms with van der Waals surface area (Å²) in [6.07, 6.45) is 17.6. The number of hydrogen-bond acceptors (Lipinski definition) is 14. The lowest BCUT2D eigenvalue weighted by atomic mass is 9.66. The summed E-state index contributed by atoms with van der Waals surface area (Å²) in [7, 11) is 0. The first kappa shape index (κ1) is 44.6. The van der Waals surface area contributed by atoms with Crippen molar-refractivity contribution in [1.82, 2.24) is 46.0 Å². The van der Waals surface area contributed by atoms with Crippen LogP contribution in [-0.2, 0) is 14.4 Å². The number of aliphatic hydroxyl groups is 1. The van der Waals surface area contributed by atoms with Crippen molar-refractivity contribution < 1.29 is 19.5 Å². The van der Waals surface area contributed by atoms with Gasteiger partial charge in [-0.3, -0.25) is 50.4 Å². The number of piperidine rings is 3. The highest BCUT2D eigenvalue weighted by molar-refractivity contribution is 5.99. The van der Waals surface area contributed by atoms with Crippen LogP contribution in [0.1, 0.15) is 96.4 Å². The molecule has 3 amide bonds. The molecule has 11 rings (SSSR count). The Kier molecular flexibility index (Phi) is 12.1. The second kappa shape index (κ2) is 18.2. The van der Waals surface area contributed by atoms with E-state index in [1.165, 1.54) is 36.1 Å².